The van der Waals surface area contributed by atoms with E-state index in [9.17, 15) is 9.59 Å². The lowest BCUT2D eigenvalue weighted by Gasteiger charge is -2.12. The van der Waals surface area contributed by atoms with E-state index in [-0.39, 0.29) is 16.9 Å². The summed E-state index contributed by atoms with van der Waals surface area (Å²) in [4.78, 5) is 28.1. The maximum Gasteiger partial charge on any atom is 0.237 e. The summed E-state index contributed by atoms with van der Waals surface area (Å²) in [6, 6.07) is 7.02. The second-order valence-corrected chi connectivity index (χ2v) is 7.05. The number of rotatable bonds is 5. The first kappa shape index (κ1) is 15.7. The van der Waals surface area contributed by atoms with Crippen molar-refractivity contribution in [3.8, 4) is 0 Å². The molecule has 0 aliphatic heterocycles. The number of aromatic nitrogens is 1. The van der Waals surface area contributed by atoms with Gasteiger partial charge in [-0.25, -0.2) is 4.98 Å². The maximum absolute atomic E-state index is 12.2. The molecular formula is C15H16N2O2S2. The molecule has 1 heterocycles. The molecular weight excluding hydrogens is 304 g/mol. The molecule has 0 aliphatic rings. The van der Waals surface area contributed by atoms with Crippen molar-refractivity contribution in [1.82, 2.24) is 4.98 Å². The summed E-state index contributed by atoms with van der Waals surface area (Å²) in [5.74, 6) is -0.205. The first-order chi connectivity index (χ1) is 9.97. The van der Waals surface area contributed by atoms with Crippen LogP contribution in [0, 0.1) is 6.92 Å². The van der Waals surface area contributed by atoms with Crippen molar-refractivity contribution >= 4 is 40.5 Å². The molecule has 21 heavy (non-hydrogen) atoms. The summed E-state index contributed by atoms with van der Waals surface area (Å²) < 4.78 is 0.870. The van der Waals surface area contributed by atoms with Gasteiger partial charge in [-0.05, 0) is 32.9 Å². The van der Waals surface area contributed by atoms with Gasteiger partial charge in [0.15, 0.2) is 10.1 Å². The van der Waals surface area contributed by atoms with Crippen molar-refractivity contribution in [2.45, 2.75) is 30.4 Å². The molecule has 0 fully saturated rings. The molecule has 0 saturated carbocycles. The van der Waals surface area contributed by atoms with Crippen LogP contribution < -0.4 is 5.32 Å². The zero-order chi connectivity index (χ0) is 15.4. The third kappa shape index (κ3) is 4.15. The molecule has 1 aromatic carbocycles. The SMILES string of the molecule is CC(=O)c1ccccc1NC(=O)[C@@H](C)Sc1nc(C)cs1. The van der Waals surface area contributed by atoms with Gasteiger partial charge in [-0.3, -0.25) is 9.59 Å². The number of aryl methyl sites for hydroxylation is 1. The molecule has 0 spiro atoms. The Balaban J connectivity index is 2.05. The number of thioether (sulfide) groups is 1. The van der Waals surface area contributed by atoms with Crippen molar-refractivity contribution in [3.05, 3.63) is 40.9 Å². The number of nitrogens with zero attached hydrogens (tertiary/aromatic N) is 1. The first-order valence-corrected chi connectivity index (χ1v) is 8.23. The Labute approximate surface area is 132 Å². The van der Waals surface area contributed by atoms with E-state index in [1.165, 1.54) is 30.0 Å². The van der Waals surface area contributed by atoms with E-state index in [1.54, 1.807) is 24.3 Å². The second kappa shape index (κ2) is 6.87. The molecule has 1 N–H and O–H groups in total. The highest BCUT2D eigenvalue weighted by molar-refractivity contribution is 8.02. The van der Waals surface area contributed by atoms with Gasteiger partial charge >= 0.3 is 0 Å². The minimum absolute atomic E-state index is 0.0678. The van der Waals surface area contributed by atoms with E-state index in [4.69, 9.17) is 0 Å². The van der Waals surface area contributed by atoms with E-state index in [0.29, 0.717) is 11.3 Å². The highest BCUT2D eigenvalue weighted by atomic mass is 32.2. The molecule has 4 nitrogen and oxygen atoms in total. The average molecular weight is 320 g/mol. The Morgan fingerprint density at radius 2 is 2.05 bits per heavy atom. The highest BCUT2D eigenvalue weighted by Gasteiger charge is 2.18. The highest BCUT2D eigenvalue weighted by Crippen LogP contribution is 2.27. The third-order valence-corrected chi connectivity index (χ3v) is 5.00. The Hall–Kier alpha value is -1.66. The van der Waals surface area contributed by atoms with Crippen molar-refractivity contribution < 1.29 is 9.59 Å². The van der Waals surface area contributed by atoms with E-state index in [2.05, 4.69) is 10.3 Å². The van der Waals surface area contributed by atoms with E-state index < -0.39 is 0 Å². The zero-order valence-corrected chi connectivity index (χ0v) is 13.7. The van der Waals surface area contributed by atoms with Crippen molar-refractivity contribution in [1.29, 1.82) is 0 Å². The Bertz CT molecular complexity index is 667. The number of carbonyl (C=O) groups is 2. The van der Waals surface area contributed by atoms with Gasteiger partial charge in [-0.1, -0.05) is 23.9 Å². The molecule has 1 atom stereocenters. The number of Topliss-reactive ketones (excluding diaryl/α,β-unsaturated/α-hetero) is 1. The number of nitrogens with one attached hydrogen (secondary N) is 1. The van der Waals surface area contributed by atoms with Crippen molar-refractivity contribution in [2.75, 3.05) is 5.32 Å². The molecule has 0 unspecified atom stereocenters. The van der Waals surface area contributed by atoms with Crippen LogP contribution >= 0.6 is 23.1 Å². The summed E-state index contributed by atoms with van der Waals surface area (Å²) >= 11 is 2.94. The van der Waals surface area contributed by atoms with Gasteiger partial charge in [-0.15, -0.1) is 11.3 Å². The van der Waals surface area contributed by atoms with E-state index in [1.807, 2.05) is 19.2 Å². The van der Waals surface area contributed by atoms with Crippen LogP contribution in [0.5, 0.6) is 0 Å². The Morgan fingerprint density at radius 3 is 2.67 bits per heavy atom. The summed E-state index contributed by atoms with van der Waals surface area (Å²) in [6.45, 7) is 5.24. The molecule has 110 valence electrons. The van der Waals surface area contributed by atoms with Gasteiger partial charge in [0.1, 0.15) is 0 Å². The predicted octanol–water partition coefficient (Wildman–Crippen LogP) is 3.77. The minimum atomic E-state index is -0.282. The second-order valence-electron chi connectivity index (χ2n) is 4.61. The van der Waals surface area contributed by atoms with Gasteiger partial charge in [-0.2, -0.15) is 0 Å². The number of hydrogen-bond acceptors (Lipinski definition) is 5. The Morgan fingerprint density at radius 1 is 1.33 bits per heavy atom. The average Bonchev–Trinajstić information content (AvgIpc) is 2.84. The number of para-hydroxylation sites is 1. The lowest BCUT2D eigenvalue weighted by atomic mass is 10.1. The number of hydrogen-bond donors (Lipinski definition) is 1. The van der Waals surface area contributed by atoms with Crippen LogP contribution in [0.2, 0.25) is 0 Å². The number of thiazole rings is 1. The van der Waals surface area contributed by atoms with Gasteiger partial charge in [0.2, 0.25) is 5.91 Å². The third-order valence-electron chi connectivity index (χ3n) is 2.81. The molecule has 0 radical (unpaired) electrons. The zero-order valence-electron chi connectivity index (χ0n) is 12.0. The number of amides is 1. The predicted molar refractivity (Wildman–Crippen MR) is 87.2 cm³/mol. The molecule has 2 aromatic rings. The van der Waals surface area contributed by atoms with E-state index >= 15 is 0 Å². The monoisotopic (exact) mass is 320 g/mol. The molecule has 1 aromatic heterocycles. The van der Waals surface area contributed by atoms with Crippen LogP contribution in [0.15, 0.2) is 34.0 Å². The summed E-state index contributed by atoms with van der Waals surface area (Å²) in [6.07, 6.45) is 0. The molecule has 1 amide bonds. The van der Waals surface area contributed by atoms with Crippen LogP contribution in [0.3, 0.4) is 0 Å². The van der Waals surface area contributed by atoms with Gasteiger partial charge in [0.05, 0.1) is 10.9 Å². The molecule has 0 saturated heterocycles. The van der Waals surface area contributed by atoms with Gasteiger partial charge in [0, 0.05) is 16.6 Å². The Kier molecular flexibility index (Phi) is 5.14. The van der Waals surface area contributed by atoms with Crippen molar-refractivity contribution in [2.24, 2.45) is 0 Å². The summed E-state index contributed by atoms with van der Waals surface area (Å²) in [5.41, 5.74) is 2.03. The van der Waals surface area contributed by atoms with Crippen molar-refractivity contribution in [3.63, 3.8) is 0 Å². The van der Waals surface area contributed by atoms with Crippen LogP contribution in [0.1, 0.15) is 29.9 Å². The largest absolute Gasteiger partial charge is 0.324 e. The standard InChI is InChI=1S/C15H16N2O2S2/c1-9-8-20-15(16-9)21-11(3)14(19)17-13-7-5-4-6-12(13)10(2)18/h4-8,11H,1-3H3,(H,17,19)/t11-/m1/s1. The van der Waals surface area contributed by atoms with E-state index in [0.717, 1.165) is 10.0 Å². The number of ketones is 1. The molecule has 0 bridgehead atoms. The normalized spacial score (nSPS) is 12.0. The van der Waals surface area contributed by atoms with Crippen LogP contribution in [-0.2, 0) is 4.79 Å². The fourth-order valence-corrected chi connectivity index (χ4v) is 3.71. The smallest absolute Gasteiger partial charge is 0.237 e. The van der Waals surface area contributed by atoms with Crippen LogP contribution in [0.25, 0.3) is 0 Å². The quantitative estimate of drug-likeness (QED) is 0.673. The fraction of sp³-hybridized carbons (Fsp3) is 0.267. The lowest BCUT2D eigenvalue weighted by Crippen LogP contribution is -2.23. The number of carbonyl (C=O) groups excluding carboxylic acids is 2. The van der Waals surface area contributed by atoms with Gasteiger partial charge < -0.3 is 5.32 Å². The minimum Gasteiger partial charge on any atom is -0.324 e. The summed E-state index contributed by atoms with van der Waals surface area (Å²) in [5, 5.41) is 4.49. The topological polar surface area (TPSA) is 59.1 Å². The lowest BCUT2D eigenvalue weighted by molar-refractivity contribution is -0.115. The maximum atomic E-state index is 12.2. The molecule has 6 heteroatoms. The van der Waals surface area contributed by atoms with Crippen LogP contribution in [0.4, 0.5) is 5.69 Å². The molecule has 2 rings (SSSR count). The van der Waals surface area contributed by atoms with Crippen LogP contribution in [-0.4, -0.2) is 21.9 Å². The summed E-state index contributed by atoms with van der Waals surface area (Å²) in [7, 11) is 0. The number of benzene rings is 1. The molecule has 0 aliphatic carbocycles. The number of anilines is 1. The van der Waals surface area contributed by atoms with Gasteiger partial charge in [0.25, 0.3) is 0 Å². The fourth-order valence-electron chi connectivity index (χ4n) is 1.72. The first-order valence-electron chi connectivity index (χ1n) is 6.47.